The van der Waals surface area contributed by atoms with Crippen LogP contribution >= 0.6 is 0 Å². The van der Waals surface area contributed by atoms with Crippen LogP contribution in [-0.4, -0.2) is 46.2 Å². The van der Waals surface area contributed by atoms with Crippen LogP contribution in [0, 0.1) is 5.82 Å². The molecule has 5 rings (SSSR count). The van der Waals surface area contributed by atoms with Crippen LogP contribution in [0.4, 0.5) is 10.1 Å². The molecule has 0 atom stereocenters. The fourth-order valence-electron chi connectivity index (χ4n) is 4.90. The maximum atomic E-state index is 13.9. The summed E-state index contributed by atoms with van der Waals surface area (Å²) in [6.45, 7) is 6.18. The molecule has 0 saturated carbocycles. The zero-order valence-corrected chi connectivity index (χ0v) is 21.0. The maximum absolute atomic E-state index is 13.9. The smallest absolute Gasteiger partial charge is 0.260 e. The van der Waals surface area contributed by atoms with Gasteiger partial charge < -0.3 is 15.2 Å². The van der Waals surface area contributed by atoms with Gasteiger partial charge in [-0.05, 0) is 73.4 Å². The summed E-state index contributed by atoms with van der Waals surface area (Å²) in [5, 5.41) is 12.3. The summed E-state index contributed by atoms with van der Waals surface area (Å²) >= 11 is 0. The molecule has 0 radical (unpaired) electrons. The van der Waals surface area contributed by atoms with Gasteiger partial charge in [0.1, 0.15) is 17.2 Å². The summed E-state index contributed by atoms with van der Waals surface area (Å²) in [4.78, 5) is 19.0. The molecule has 6 nitrogen and oxygen atoms in total. The Hall–Kier alpha value is -3.81. The minimum Gasteiger partial charge on any atom is -0.482 e. The second kappa shape index (κ2) is 10.3. The van der Waals surface area contributed by atoms with Gasteiger partial charge in [-0.1, -0.05) is 24.3 Å². The van der Waals surface area contributed by atoms with E-state index in [4.69, 9.17) is 4.74 Å². The number of pyridine rings is 1. The minimum atomic E-state index is -0.659. The van der Waals surface area contributed by atoms with Gasteiger partial charge >= 0.3 is 0 Å². The Morgan fingerprint density at radius 1 is 1.03 bits per heavy atom. The first-order chi connectivity index (χ1) is 17.8. The van der Waals surface area contributed by atoms with E-state index < -0.39 is 11.4 Å². The van der Waals surface area contributed by atoms with Crippen LogP contribution in [0.25, 0.3) is 11.1 Å². The van der Waals surface area contributed by atoms with Gasteiger partial charge in [0.25, 0.3) is 5.91 Å². The van der Waals surface area contributed by atoms with Crippen LogP contribution in [0.3, 0.4) is 0 Å². The number of aromatic nitrogens is 1. The second-order valence-electron chi connectivity index (χ2n) is 9.86. The van der Waals surface area contributed by atoms with Crippen LogP contribution < -0.4 is 5.32 Å². The molecule has 0 spiro atoms. The highest BCUT2D eigenvalue weighted by Gasteiger charge is 2.38. The van der Waals surface area contributed by atoms with Crippen molar-refractivity contribution in [2.75, 3.05) is 25.0 Å². The largest absolute Gasteiger partial charge is 0.482 e. The van der Waals surface area contributed by atoms with Gasteiger partial charge in [0.2, 0.25) is 0 Å². The monoisotopic (exact) mass is 499 g/mol. The third kappa shape index (κ3) is 5.33. The van der Waals surface area contributed by atoms with E-state index in [0.717, 1.165) is 36.2 Å². The van der Waals surface area contributed by atoms with E-state index in [1.807, 2.05) is 32.1 Å². The zero-order valence-electron chi connectivity index (χ0n) is 21.0. The number of aliphatic hydroxyl groups is 1. The number of rotatable bonds is 8. The highest BCUT2D eigenvalue weighted by molar-refractivity contribution is 6.32. The molecule has 37 heavy (non-hydrogen) atoms. The fraction of sp³-hybridized carbons (Fsp3) is 0.267. The molecule has 2 aliphatic heterocycles. The van der Waals surface area contributed by atoms with Crippen molar-refractivity contribution in [1.29, 1.82) is 0 Å². The predicted molar refractivity (Wildman–Crippen MR) is 142 cm³/mol. The van der Waals surface area contributed by atoms with Crippen LogP contribution in [-0.2, 0) is 22.5 Å². The Balaban J connectivity index is 1.36. The van der Waals surface area contributed by atoms with Crippen molar-refractivity contribution >= 4 is 22.7 Å². The Bertz CT molecular complexity index is 1360. The third-order valence-electron chi connectivity index (χ3n) is 6.82. The minimum absolute atomic E-state index is 0.102. The molecule has 3 aromatic rings. The van der Waals surface area contributed by atoms with Gasteiger partial charge in [-0.2, -0.15) is 0 Å². The van der Waals surface area contributed by atoms with E-state index >= 15 is 0 Å². The summed E-state index contributed by atoms with van der Waals surface area (Å²) in [7, 11) is 0. The Kier molecular flexibility index (Phi) is 6.91. The quantitative estimate of drug-likeness (QED) is 0.435. The average Bonchev–Trinajstić information content (AvgIpc) is 3.37. The van der Waals surface area contributed by atoms with Crippen LogP contribution in [0.2, 0.25) is 0 Å². The first kappa shape index (κ1) is 24.9. The number of hydrogen-bond acceptors (Lipinski definition) is 5. The molecule has 190 valence electrons. The fourth-order valence-corrected chi connectivity index (χ4v) is 4.90. The molecule has 3 heterocycles. The molecule has 2 aromatic carbocycles. The lowest BCUT2D eigenvalue weighted by atomic mass is 9.91. The first-order valence-corrected chi connectivity index (χ1v) is 12.4. The molecular formula is C30H30FN3O3. The number of aliphatic hydroxyl groups excluding tert-OH is 1. The van der Waals surface area contributed by atoms with E-state index in [0.29, 0.717) is 29.1 Å². The number of nitrogens with one attached hydrogen (secondary N) is 1. The summed E-state index contributed by atoms with van der Waals surface area (Å²) in [5.74, 6) is -0.257. The van der Waals surface area contributed by atoms with Crippen molar-refractivity contribution in [2.24, 2.45) is 0 Å². The molecule has 0 bridgehead atoms. The van der Waals surface area contributed by atoms with Crippen molar-refractivity contribution in [2.45, 2.75) is 32.4 Å². The second-order valence-corrected chi connectivity index (χ2v) is 9.86. The normalized spacial score (nSPS) is 18.0. The number of carbonyl (C=O) groups excluding carboxylic acids is 1. The molecule has 0 fully saturated rings. The van der Waals surface area contributed by atoms with Crippen molar-refractivity contribution in [1.82, 2.24) is 9.88 Å². The number of fused-ring (bicyclic) bond motifs is 1. The van der Waals surface area contributed by atoms with Gasteiger partial charge in [-0.25, -0.2) is 4.39 Å². The molecule has 7 heteroatoms. The molecule has 0 unspecified atom stereocenters. The SMILES string of the molecule is CC1(C)O/C(=C2/C(=O)Nc3ccc(F)cc32)C=C1c1ccc(CN(CCO)CCc2ccncc2)cc1. The lowest BCUT2D eigenvalue weighted by Gasteiger charge is -2.24. The lowest BCUT2D eigenvalue weighted by molar-refractivity contribution is -0.111. The third-order valence-corrected chi connectivity index (χ3v) is 6.82. The van der Waals surface area contributed by atoms with E-state index in [-0.39, 0.29) is 12.5 Å². The zero-order chi connectivity index (χ0) is 26.0. The van der Waals surface area contributed by atoms with Crippen molar-refractivity contribution in [3.63, 3.8) is 0 Å². The Morgan fingerprint density at radius 3 is 2.51 bits per heavy atom. The molecule has 2 aliphatic rings. The summed E-state index contributed by atoms with van der Waals surface area (Å²) in [5.41, 5.74) is 5.09. The van der Waals surface area contributed by atoms with E-state index in [1.165, 1.54) is 17.7 Å². The van der Waals surface area contributed by atoms with E-state index in [9.17, 15) is 14.3 Å². The molecule has 2 N–H and O–H groups in total. The molecule has 0 aliphatic carbocycles. The average molecular weight is 500 g/mol. The number of nitrogens with zero attached hydrogens (tertiary/aromatic N) is 2. The number of carbonyl (C=O) groups is 1. The van der Waals surface area contributed by atoms with Crippen molar-refractivity contribution in [3.05, 3.63) is 107 Å². The highest BCUT2D eigenvalue weighted by atomic mass is 19.1. The Labute approximate surface area is 216 Å². The molecule has 1 amide bonds. The Morgan fingerprint density at radius 2 is 1.78 bits per heavy atom. The standard InChI is InChI=1S/C30H30FN3O3/c1-30(2)25(18-27(37-30)28-24-17-23(31)7-8-26(24)33-29(28)36)22-5-3-21(4-6-22)19-34(15-16-35)14-11-20-9-12-32-13-10-20/h3-10,12-13,17-18,35H,11,14-16,19H2,1-2H3,(H,33,36)/b28-27+. The molecule has 0 saturated heterocycles. The van der Waals surface area contributed by atoms with Crippen molar-refractivity contribution < 1.29 is 19.0 Å². The van der Waals surface area contributed by atoms with Crippen molar-refractivity contribution in [3.8, 4) is 0 Å². The predicted octanol–water partition coefficient (Wildman–Crippen LogP) is 4.81. The summed E-state index contributed by atoms with van der Waals surface area (Å²) in [6.07, 6.45) is 6.36. The molecular weight excluding hydrogens is 469 g/mol. The molecule has 1 aromatic heterocycles. The lowest BCUT2D eigenvalue weighted by Crippen LogP contribution is -2.28. The van der Waals surface area contributed by atoms with Gasteiger partial charge in [0.05, 0.1) is 12.2 Å². The number of halogens is 1. The maximum Gasteiger partial charge on any atom is 0.260 e. The number of amides is 1. The number of ether oxygens (including phenoxy) is 1. The highest BCUT2D eigenvalue weighted by Crippen LogP contribution is 2.44. The van der Waals surface area contributed by atoms with Gasteiger partial charge in [-0.15, -0.1) is 0 Å². The van der Waals surface area contributed by atoms with Crippen LogP contribution in [0.5, 0.6) is 0 Å². The summed E-state index contributed by atoms with van der Waals surface area (Å²) in [6, 6.07) is 16.6. The topological polar surface area (TPSA) is 74.7 Å². The van der Waals surface area contributed by atoms with Gasteiger partial charge in [-0.3, -0.25) is 14.7 Å². The first-order valence-electron chi connectivity index (χ1n) is 12.4. The van der Waals surface area contributed by atoms with Gasteiger partial charge in [0, 0.05) is 48.9 Å². The van der Waals surface area contributed by atoms with Gasteiger partial charge in [0.15, 0.2) is 0 Å². The number of allylic oxidation sites excluding steroid dienone is 1. The van der Waals surface area contributed by atoms with E-state index in [2.05, 4.69) is 39.5 Å². The van der Waals surface area contributed by atoms with Crippen LogP contribution in [0.15, 0.2) is 78.8 Å². The van der Waals surface area contributed by atoms with Crippen LogP contribution in [0.1, 0.15) is 36.1 Å². The van der Waals surface area contributed by atoms with E-state index in [1.54, 1.807) is 18.5 Å². The number of anilines is 1. The number of hydrogen-bond donors (Lipinski definition) is 2. The summed E-state index contributed by atoms with van der Waals surface area (Å²) < 4.78 is 20.1. The number of benzene rings is 2.